The molecule has 1 aromatic rings. The molecular weight excluding hydrogens is 200 g/mol. The van der Waals surface area contributed by atoms with Crippen LogP contribution >= 0.6 is 0 Å². The molecule has 0 aliphatic heterocycles. The van der Waals surface area contributed by atoms with Crippen molar-refractivity contribution in [2.24, 2.45) is 5.73 Å². The first-order chi connectivity index (χ1) is 7.60. The Morgan fingerprint density at radius 2 is 2.12 bits per heavy atom. The highest BCUT2D eigenvalue weighted by Crippen LogP contribution is 2.45. The zero-order chi connectivity index (χ0) is 11.8. The molecule has 1 aliphatic rings. The average molecular weight is 220 g/mol. The first kappa shape index (κ1) is 11.4. The lowest BCUT2D eigenvalue weighted by Crippen LogP contribution is -2.38. The summed E-state index contributed by atoms with van der Waals surface area (Å²) in [5, 5.41) is 3.32. The number of benzene rings is 1. The van der Waals surface area contributed by atoms with Gasteiger partial charge in [-0.1, -0.05) is 17.7 Å². The van der Waals surface area contributed by atoms with Crippen LogP contribution in [0.2, 0.25) is 0 Å². The minimum absolute atomic E-state index is 0.0875. The van der Waals surface area contributed by atoms with Gasteiger partial charge in [0, 0.05) is 11.1 Å². The summed E-state index contributed by atoms with van der Waals surface area (Å²) in [7, 11) is 3.66. The van der Waals surface area contributed by atoms with Crippen molar-refractivity contribution in [1.29, 1.82) is 0 Å². The third-order valence-electron chi connectivity index (χ3n) is 3.39. The largest absolute Gasteiger partial charge is 0.496 e. The van der Waals surface area contributed by atoms with Gasteiger partial charge in [0.15, 0.2) is 0 Å². The molecule has 3 nitrogen and oxygen atoms in total. The molecule has 0 aromatic heterocycles. The van der Waals surface area contributed by atoms with Crippen LogP contribution in [0.4, 0.5) is 0 Å². The minimum atomic E-state index is -0.0875. The smallest absolute Gasteiger partial charge is 0.123 e. The third-order valence-corrected chi connectivity index (χ3v) is 3.39. The summed E-state index contributed by atoms with van der Waals surface area (Å²) in [4.78, 5) is 0. The molecular formula is C13H20N2O. The predicted octanol–water partition coefficient (Wildman–Crippen LogP) is 1.76. The standard InChI is InChI=1S/C13H20N2O/c1-9-4-5-11(16-3)10(8-9)12(15-2)13(14)6-7-13/h4-5,8,12,15H,6-7,14H2,1-3H3. The Labute approximate surface area is 97.0 Å². The van der Waals surface area contributed by atoms with E-state index in [1.165, 1.54) is 11.1 Å². The van der Waals surface area contributed by atoms with Gasteiger partial charge in [0.1, 0.15) is 5.75 Å². The lowest BCUT2D eigenvalue weighted by atomic mass is 9.95. The Balaban J connectivity index is 2.40. The molecule has 0 bridgehead atoms. The lowest BCUT2D eigenvalue weighted by Gasteiger charge is -2.25. The molecule has 3 heteroatoms. The van der Waals surface area contributed by atoms with Gasteiger partial charge in [0.25, 0.3) is 0 Å². The van der Waals surface area contributed by atoms with E-state index < -0.39 is 0 Å². The Hall–Kier alpha value is -1.06. The molecule has 1 fully saturated rings. The van der Waals surface area contributed by atoms with Crippen molar-refractivity contribution in [1.82, 2.24) is 5.32 Å². The molecule has 1 atom stereocenters. The monoisotopic (exact) mass is 220 g/mol. The maximum absolute atomic E-state index is 6.29. The molecule has 2 rings (SSSR count). The highest BCUT2D eigenvalue weighted by Gasteiger charge is 2.46. The quantitative estimate of drug-likeness (QED) is 0.812. The zero-order valence-corrected chi connectivity index (χ0v) is 10.2. The van der Waals surface area contributed by atoms with E-state index in [1.54, 1.807) is 7.11 Å². The first-order valence-corrected chi connectivity index (χ1v) is 5.71. The van der Waals surface area contributed by atoms with Gasteiger partial charge in [-0.25, -0.2) is 0 Å². The highest BCUT2D eigenvalue weighted by molar-refractivity contribution is 5.42. The van der Waals surface area contributed by atoms with Crippen LogP contribution in [0.3, 0.4) is 0 Å². The van der Waals surface area contributed by atoms with Crippen molar-refractivity contribution >= 4 is 0 Å². The molecule has 0 radical (unpaired) electrons. The molecule has 1 unspecified atom stereocenters. The molecule has 1 aliphatic carbocycles. The van der Waals surface area contributed by atoms with E-state index in [1.807, 2.05) is 13.1 Å². The van der Waals surface area contributed by atoms with Gasteiger partial charge in [0.05, 0.1) is 13.2 Å². The first-order valence-electron chi connectivity index (χ1n) is 5.71. The SMILES string of the molecule is CNC(c1cc(C)ccc1OC)C1(N)CC1. The van der Waals surface area contributed by atoms with E-state index >= 15 is 0 Å². The summed E-state index contributed by atoms with van der Waals surface area (Å²) in [5.74, 6) is 0.918. The third kappa shape index (κ3) is 1.93. The summed E-state index contributed by atoms with van der Waals surface area (Å²) in [6.07, 6.45) is 2.16. The second-order valence-electron chi connectivity index (χ2n) is 4.70. The average Bonchev–Trinajstić information content (AvgIpc) is 2.98. The summed E-state index contributed by atoms with van der Waals surface area (Å²) in [6.45, 7) is 2.09. The van der Waals surface area contributed by atoms with Crippen LogP contribution in [-0.4, -0.2) is 19.7 Å². The van der Waals surface area contributed by atoms with Gasteiger partial charge in [0.2, 0.25) is 0 Å². The van der Waals surface area contributed by atoms with Crippen molar-refractivity contribution in [2.75, 3.05) is 14.2 Å². The molecule has 0 spiro atoms. The number of aryl methyl sites for hydroxylation is 1. The Bertz CT molecular complexity index is 386. The predicted molar refractivity (Wildman–Crippen MR) is 65.7 cm³/mol. The van der Waals surface area contributed by atoms with Crippen LogP contribution in [-0.2, 0) is 0 Å². The summed E-state index contributed by atoms with van der Waals surface area (Å²) in [6, 6.07) is 6.42. The second kappa shape index (κ2) is 4.07. The maximum Gasteiger partial charge on any atom is 0.123 e. The van der Waals surface area contributed by atoms with E-state index in [-0.39, 0.29) is 11.6 Å². The van der Waals surface area contributed by atoms with Crippen molar-refractivity contribution in [2.45, 2.75) is 31.3 Å². The van der Waals surface area contributed by atoms with E-state index in [2.05, 4.69) is 24.4 Å². The maximum atomic E-state index is 6.29. The molecule has 3 N–H and O–H groups in total. The minimum Gasteiger partial charge on any atom is -0.496 e. The number of likely N-dealkylation sites (N-methyl/N-ethyl adjacent to an activating group) is 1. The second-order valence-corrected chi connectivity index (χ2v) is 4.70. The topological polar surface area (TPSA) is 47.3 Å². The molecule has 0 amide bonds. The Kier molecular flexibility index (Phi) is 2.91. The lowest BCUT2D eigenvalue weighted by molar-refractivity contribution is 0.386. The number of nitrogens with one attached hydrogen (secondary N) is 1. The summed E-state index contributed by atoms with van der Waals surface area (Å²) < 4.78 is 5.41. The van der Waals surface area contributed by atoms with E-state index in [9.17, 15) is 0 Å². The van der Waals surface area contributed by atoms with Crippen molar-refractivity contribution in [3.8, 4) is 5.75 Å². The van der Waals surface area contributed by atoms with Crippen LogP contribution < -0.4 is 15.8 Å². The molecule has 1 aromatic carbocycles. The number of nitrogens with two attached hydrogens (primary N) is 1. The fraction of sp³-hybridized carbons (Fsp3) is 0.538. The molecule has 16 heavy (non-hydrogen) atoms. The van der Waals surface area contributed by atoms with Gasteiger partial charge >= 0.3 is 0 Å². The zero-order valence-electron chi connectivity index (χ0n) is 10.2. The number of methoxy groups -OCH3 is 1. The van der Waals surface area contributed by atoms with Crippen molar-refractivity contribution < 1.29 is 4.74 Å². The van der Waals surface area contributed by atoms with Gasteiger partial charge in [-0.15, -0.1) is 0 Å². The Morgan fingerprint density at radius 1 is 1.44 bits per heavy atom. The summed E-state index contributed by atoms with van der Waals surface area (Å²) in [5.41, 5.74) is 8.61. The van der Waals surface area contributed by atoms with Crippen molar-refractivity contribution in [3.63, 3.8) is 0 Å². The van der Waals surface area contributed by atoms with Crippen LogP contribution in [0.15, 0.2) is 18.2 Å². The number of hydrogen-bond donors (Lipinski definition) is 2. The van der Waals surface area contributed by atoms with Crippen LogP contribution in [0.1, 0.15) is 30.0 Å². The fourth-order valence-corrected chi connectivity index (χ4v) is 2.27. The molecule has 0 saturated heterocycles. The van der Waals surface area contributed by atoms with E-state index in [0.717, 1.165) is 18.6 Å². The molecule has 88 valence electrons. The van der Waals surface area contributed by atoms with Crippen LogP contribution in [0, 0.1) is 6.92 Å². The van der Waals surface area contributed by atoms with Crippen molar-refractivity contribution in [3.05, 3.63) is 29.3 Å². The van der Waals surface area contributed by atoms with Gasteiger partial charge < -0.3 is 15.8 Å². The highest BCUT2D eigenvalue weighted by atomic mass is 16.5. The Morgan fingerprint density at radius 3 is 2.62 bits per heavy atom. The number of rotatable bonds is 4. The summed E-state index contributed by atoms with van der Waals surface area (Å²) >= 11 is 0. The van der Waals surface area contributed by atoms with E-state index in [4.69, 9.17) is 10.5 Å². The van der Waals surface area contributed by atoms with Crippen LogP contribution in [0.25, 0.3) is 0 Å². The van der Waals surface area contributed by atoms with Gasteiger partial charge in [-0.05, 0) is 32.9 Å². The number of hydrogen-bond acceptors (Lipinski definition) is 3. The van der Waals surface area contributed by atoms with E-state index in [0.29, 0.717) is 0 Å². The normalized spacial score (nSPS) is 19.2. The van der Waals surface area contributed by atoms with Gasteiger partial charge in [-0.3, -0.25) is 0 Å². The molecule has 1 saturated carbocycles. The van der Waals surface area contributed by atoms with Crippen LogP contribution in [0.5, 0.6) is 5.75 Å². The van der Waals surface area contributed by atoms with Gasteiger partial charge in [-0.2, -0.15) is 0 Å². The molecule has 0 heterocycles. The fourth-order valence-electron chi connectivity index (χ4n) is 2.27. The number of ether oxygens (including phenoxy) is 1.